The molecule has 0 spiro atoms. The van der Waals surface area contributed by atoms with Gasteiger partial charge in [0.05, 0.1) is 0 Å². The number of fused-ring (bicyclic) bond motifs is 2. The van der Waals surface area contributed by atoms with Gasteiger partial charge in [-0.3, -0.25) is 0 Å². The van der Waals surface area contributed by atoms with Crippen LogP contribution in [0.25, 0.3) is 64.7 Å². The van der Waals surface area contributed by atoms with Crippen LogP contribution >= 0.6 is 11.3 Å². The summed E-state index contributed by atoms with van der Waals surface area (Å²) in [4.78, 5) is 21.9. The zero-order chi connectivity index (χ0) is 30.8. The number of hydrogen-bond donors (Lipinski definition) is 1. The van der Waals surface area contributed by atoms with Crippen LogP contribution in [0.5, 0.6) is 0 Å². The van der Waals surface area contributed by atoms with Crippen molar-refractivity contribution in [2.24, 2.45) is 0 Å². The molecular weight excluding hydrogens is 617 g/mol. The summed E-state index contributed by atoms with van der Waals surface area (Å²) < 4.78 is 3.72. The van der Waals surface area contributed by atoms with Gasteiger partial charge in [0.25, 0.3) is 0 Å². The van der Waals surface area contributed by atoms with Crippen LogP contribution in [-0.4, -0.2) is 23.2 Å². The Morgan fingerprint density at radius 3 is 2.23 bits per heavy atom. The Morgan fingerprint density at radius 2 is 1.48 bits per heavy atom. The topological polar surface area (TPSA) is 45.8 Å². The fraction of sp³-hybridized carbons (Fsp3) is 0.179. The van der Waals surface area contributed by atoms with E-state index < -0.39 is 13.3 Å². The Kier molecular flexibility index (Phi) is 6.91. The van der Waals surface area contributed by atoms with E-state index >= 15 is 0 Å². The van der Waals surface area contributed by atoms with Crippen LogP contribution in [-0.2, 0) is 5.41 Å². The predicted octanol–water partition coefficient (Wildman–Crippen LogP) is 10.1. The molecule has 0 aliphatic carbocycles. The molecule has 7 aromatic rings. The monoisotopic (exact) mass is 654 g/mol. The van der Waals surface area contributed by atoms with Gasteiger partial charge in [-0.25, -0.2) is 0 Å². The fourth-order valence-corrected chi connectivity index (χ4v) is 9.85. The summed E-state index contributed by atoms with van der Waals surface area (Å²) in [5.41, 5.74) is 8.56. The SMILES string of the molecule is CC(C)(C)c1cc(-c2cc(-c3ccccc3)ccn2)cc(-c2cc3c[c]([Ge]([CH3])([CH3])[CH3])cc4sc5cccc(=O)c5c([nH]2)c34)c1. The fourth-order valence-electron chi connectivity index (χ4n) is 5.99. The van der Waals surface area contributed by atoms with Crippen molar-refractivity contribution in [2.45, 2.75) is 43.5 Å². The average molecular weight is 653 g/mol. The van der Waals surface area contributed by atoms with E-state index in [9.17, 15) is 4.79 Å². The molecule has 218 valence electrons. The van der Waals surface area contributed by atoms with Gasteiger partial charge in [-0.05, 0) is 0 Å². The second kappa shape index (κ2) is 10.6. The van der Waals surface area contributed by atoms with Gasteiger partial charge in [0.2, 0.25) is 0 Å². The second-order valence-electron chi connectivity index (χ2n) is 13.8. The molecule has 0 fully saturated rings. The summed E-state index contributed by atoms with van der Waals surface area (Å²) in [7, 11) is 0. The van der Waals surface area contributed by atoms with E-state index in [4.69, 9.17) is 4.98 Å². The summed E-state index contributed by atoms with van der Waals surface area (Å²) >= 11 is -0.434. The molecule has 3 aromatic heterocycles. The Hall–Kier alpha value is -4.00. The van der Waals surface area contributed by atoms with Crippen LogP contribution in [0.4, 0.5) is 0 Å². The number of nitrogens with zero attached hydrogens (tertiary/aromatic N) is 1. The molecule has 0 radical (unpaired) electrons. The van der Waals surface area contributed by atoms with E-state index in [2.05, 4.69) is 122 Å². The van der Waals surface area contributed by atoms with Gasteiger partial charge >= 0.3 is 236 Å². The van der Waals surface area contributed by atoms with Crippen LogP contribution in [0.15, 0.2) is 108 Å². The number of aromatic nitrogens is 2. The molecule has 0 bridgehead atoms. The first-order chi connectivity index (χ1) is 21.0. The molecule has 1 N–H and O–H groups in total. The molecule has 0 unspecified atom stereocenters. The first-order valence-electron chi connectivity index (χ1n) is 15.2. The Labute approximate surface area is 265 Å². The molecule has 4 aromatic carbocycles. The minimum atomic E-state index is -2.16. The molecule has 0 saturated heterocycles. The third kappa shape index (κ3) is 5.20. The van der Waals surface area contributed by atoms with E-state index in [1.807, 2.05) is 18.3 Å². The van der Waals surface area contributed by atoms with E-state index in [1.165, 1.54) is 25.6 Å². The third-order valence-corrected chi connectivity index (χ3v) is 13.9. The summed E-state index contributed by atoms with van der Waals surface area (Å²) in [5, 5.41) is 3.11. The van der Waals surface area contributed by atoms with Crippen molar-refractivity contribution in [3.63, 3.8) is 0 Å². The molecule has 3 heterocycles. The number of nitrogens with one attached hydrogen (secondary N) is 1. The number of rotatable bonds is 4. The van der Waals surface area contributed by atoms with E-state index in [0.29, 0.717) is 0 Å². The van der Waals surface area contributed by atoms with Crippen LogP contribution in [0.3, 0.4) is 0 Å². The van der Waals surface area contributed by atoms with Crippen molar-refractivity contribution >= 4 is 60.1 Å². The second-order valence-corrected chi connectivity index (χ2v) is 25.6. The van der Waals surface area contributed by atoms with Gasteiger partial charge < -0.3 is 0 Å². The van der Waals surface area contributed by atoms with Crippen LogP contribution in [0, 0.1) is 0 Å². The average Bonchev–Trinajstić information content (AvgIpc) is 3.00. The van der Waals surface area contributed by atoms with Gasteiger partial charge in [0, 0.05) is 0 Å². The zero-order valence-corrected chi connectivity index (χ0v) is 29.0. The Morgan fingerprint density at radius 1 is 0.705 bits per heavy atom. The number of benzene rings is 4. The van der Waals surface area contributed by atoms with Gasteiger partial charge in [-0.15, -0.1) is 0 Å². The van der Waals surface area contributed by atoms with Gasteiger partial charge in [0.1, 0.15) is 0 Å². The van der Waals surface area contributed by atoms with Crippen molar-refractivity contribution in [1.82, 2.24) is 9.97 Å². The Balaban J connectivity index is 1.52. The molecule has 0 atom stereocenters. The number of hydrogen-bond acceptors (Lipinski definition) is 3. The molecule has 44 heavy (non-hydrogen) atoms. The van der Waals surface area contributed by atoms with Crippen molar-refractivity contribution < 1.29 is 0 Å². The summed E-state index contributed by atoms with van der Waals surface area (Å²) in [5.74, 6) is 7.33. The molecule has 7 rings (SSSR count). The Bertz CT molecular complexity index is 2270. The molecule has 3 nitrogen and oxygen atoms in total. The van der Waals surface area contributed by atoms with Crippen LogP contribution in [0.1, 0.15) is 26.3 Å². The van der Waals surface area contributed by atoms with Crippen LogP contribution in [0.2, 0.25) is 17.3 Å². The quantitative estimate of drug-likeness (QED) is 0.117. The maximum atomic E-state index is 13.3. The summed E-state index contributed by atoms with van der Waals surface area (Å²) in [6, 6.07) is 34.2. The minimum absolute atomic E-state index is 0.0546. The summed E-state index contributed by atoms with van der Waals surface area (Å²) in [6.45, 7) is 6.76. The predicted molar refractivity (Wildman–Crippen MR) is 193 cm³/mol. The van der Waals surface area contributed by atoms with Crippen molar-refractivity contribution in [2.75, 3.05) is 0 Å². The van der Waals surface area contributed by atoms with Crippen molar-refractivity contribution in [3.05, 3.63) is 119 Å². The number of pyridine rings is 2. The standard InChI is InChI=1S/C39H36GeN2OS/c1-39(2,3)29-18-26(31-21-25(15-16-41-31)24-11-8-7-9-12-24)17-27(19-29)32-22-28-20-30(40(4,5)6)23-35-36(28)38(42-32)37-33(43)13-10-14-34(37)44-35/h7-23,42H,1-6H3. The van der Waals surface area contributed by atoms with Gasteiger partial charge in [-0.2, -0.15) is 0 Å². The van der Waals surface area contributed by atoms with E-state index in [0.717, 1.165) is 49.1 Å². The zero-order valence-electron chi connectivity index (χ0n) is 26.1. The van der Waals surface area contributed by atoms with Gasteiger partial charge in [-0.1, -0.05) is 30.3 Å². The van der Waals surface area contributed by atoms with Gasteiger partial charge in [0.15, 0.2) is 0 Å². The molecule has 0 amide bonds. The van der Waals surface area contributed by atoms with Crippen molar-refractivity contribution in [3.8, 4) is 33.6 Å². The molecule has 0 saturated carbocycles. The normalized spacial score (nSPS) is 12.4. The van der Waals surface area contributed by atoms with E-state index in [-0.39, 0.29) is 10.8 Å². The third-order valence-electron chi connectivity index (χ3n) is 8.54. The molecular formula is C39H36GeN2OS. The molecule has 5 heteroatoms. The first kappa shape index (κ1) is 28.8. The molecule has 0 aliphatic rings. The summed E-state index contributed by atoms with van der Waals surface area (Å²) in [6.07, 6.45) is 1.90. The molecule has 0 aliphatic heterocycles. The number of H-pyrrole nitrogens is 1. The first-order valence-corrected chi connectivity index (χ1v) is 23.3. The van der Waals surface area contributed by atoms with E-state index in [1.54, 1.807) is 17.4 Å². The number of aromatic amines is 1. The van der Waals surface area contributed by atoms with Crippen LogP contribution < -0.4 is 9.82 Å². The maximum absolute atomic E-state index is 13.3. The van der Waals surface area contributed by atoms with Crippen molar-refractivity contribution in [1.29, 1.82) is 0 Å².